The molecule has 3 rings (SSSR count). The molecule has 0 saturated heterocycles. The van der Waals surface area contributed by atoms with Crippen molar-refractivity contribution in [1.82, 2.24) is 5.32 Å². The van der Waals surface area contributed by atoms with E-state index in [2.05, 4.69) is 5.32 Å². The quantitative estimate of drug-likeness (QED) is 0.327. The first kappa shape index (κ1) is 23.9. The summed E-state index contributed by atoms with van der Waals surface area (Å²) in [6.45, 7) is 0.417. The van der Waals surface area contributed by atoms with Gasteiger partial charge in [0.05, 0.1) is 15.6 Å². The number of carboxylic acids is 1. The Morgan fingerprint density at radius 1 is 1.00 bits per heavy atom. The molecule has 0 fully saturated rings. The molecule has 0 saturated carbocycles. The molecule has 0 bridgehead atoms. The van der Waals surface area contributed by atoms with Crippen LogP contribution in [-0.2, 0) is 17.9 Å². The summed E-state index contributed by atoms with van der Waals surface area (Å²) >= 11 is 12.6. The maximum Gasteiger partial charge on any atom is 0.335 e. The van der Waals surface area contributed by atoms with Crippen LogP contribution < -0.4 is 10.1 Å². The lowest BCUT2D eigenvalue weighted by Crippen LogP contribution is -2.23. The van der Waals surface area contributed by atoms with Crippen LogP contribution in [0.25, 0.3) is 6.08 Å². The molecule has 0 aromatic heterocycles. The van der Waals surface area contributed by atoms with Gasteiger partial charge in [-0.15, -0.1) is 0 Å². The van der Waals surface area contributed by atoms with Crippen LogP contribution in [0.3, 0.4) is 0 Å². The number of carboxylic acid groups (broad SMARTS) is 1. The highest BCUT2D eigenvalue weighted by atomic mass is 35.5. The highest BCUT2D eigenvalue weighted by Crippen LogP contribution is 2.35. The predicted octanol–water partition coefficient (Wildman–Crippen LogP) is 5.49. The Morgan fingerprint density at radius 2 is 1.64 bits per heavy atom. The fraction of sp³-hybridized carbons (Fsp3) is 0.0800. The highest BCUT2D eigenvalue weighted by Gasteiger charge is 2.13. The normalized spacial score (nSPS) is 10.9. The molecule has 33 heavy (non-hydrogen) atoms. The van der Waals surface area contributed by atoms with Crippen LogP contribution in [0.15, 0.2) is 72.3 Å². The predicted molar refractivity (Wildman–Crippen MR) is 126 cm³/mol. The third kappa shape index (κ3) is 6.59. The first-order valence-electron chi connectivity index (χ1n) is 9.75. The number of hydrogen-bond donors (Lipinski definition) is 2. The molecular formula is C25H18Cl2N2O4. The molecule has 0 spiro atoms. The van der Waals surface area contributed by atoms with Crippen LogP contribution in [0, 0.1) is 11.3 Å². The topological polar surface area (TPSA) is 99.4 Å². The average Bonchev–Trinajstić information content (AvgIpc) is 2.81. The highest BCUT2D eigenvalue weighted by molar-refractivity contribution is 6.37. The number of halogens is 2. The van der Waals surface area contributed by atoms with Gasteiger partial charge >= 0.3 is 5.97 Å². The molecule has 0 heterocycles. The maximum atomic E-state index is 12.4. The van der Waals surface area contributed by atoms with Gasteiger partial charge in [-0.1, -0.05) is 65.7 Å². The summed E-state index contributed by atoms with van der Waals surface area (Å²) in [5.41, 5.74) is 2.19. The van der Waals surface area contributed by atoms with Crippen molar-refractivity contribution >= 4 is 41.2 Å². The number of nitriles is 1. The molecule has 3 aromatic rings. The molecule has 0 unspecified atom stereocenters. The van der Waals surface area contributed by atoms with Crippen LogP contribution in [0.1, 0.15) is 27.0 Å². The number of rotatable bonds is 8. The van der Waals surface area contributed by atoms with Gasteiger partial charge in [-0.25, -0.2) is 4.79 Å². The van der Waals surface area contributed by atoms with Crippen molar-refractivity contribution in [2.75, 3.05) is 0 Å². The molecule has 2 N–H and O–H groups in total. The van der Waals surface area contributed by atoms with E-state index < -0.39 is 11.9 Å². The molecule has 0 atom stereocenters. The lowest BCUT2D eigenvalue weighted by Gasteiger charge is -2.11. The van der Waals surface area contributed by atoms with E-state index in [1.54, 1.807) is 12.1 Å². The minimum atomic E-state index is -1.01. The monoisotopic (exact) mass is 480 g/mol. The smallest absolute Gasteiger partial charge is 0.335 e. The van der Waals surface area contributed by atoms with Gasteiger partial charge in [-0.05, 0) is 47.0 Å². The van der Waals surface area contributed by atoms with Gasteiger partial charge < -0.3 is 15.2 Å². The fourth-order valence-corrected chi connectivity index (χ4v) is 3.50. The largest absolute Gasteiger partial charge is 0.486 e. The van der Waals surface area contributed by atoms with Crippen molar-refractivity contribution in [1.29, 1.82) is 5.26 Å². The fourth-order valence-electron chi connectivity index (χ4n) is 2.89. The number of nitrogens with one attached hydrogen (secondary N) is 1. The van der Waals surface area contributed by atoms with Crippen LogP contribution >= 0.6 is 23.2 Å². The van der Waals surface area contributed by atoms with Crippen molar-refractivity contribution in [3.05, 3.63) is 105 Å². The summed E-state index contributed by atoms with van der Waals surface area (Å²) in [4.78, 5) is 23.3. The van der Waals surface area contributed by atoms with E-state index in [9.17, 15) is 14.9 Å². The van der Waals surface area contributed by atoms with Gasteiger partial charge in [0.2, 0.25) is 0 Å². The summed E-state index contributed by atoms with van der Waals surface area (Å²) in [7, 11) is 0. The molecule has 166 valence electrons. The zero-order valence-electron chi connectivity index (χ0n) is 17.2. The van der Waals surface area contributed by atoms with Gasteiger partial charge in [0.25, 0.3) is 5.91 Å². The van der Waals surface area contributed by atoms with Gasteiger partial charge in [0.1, 0.15) is 18.2 Å². The number of aromatic carboxylic acids is 1. The Balaban J connectivity index is 1.69. The average molecular weight is 481 g/mol. The summed E-state index contributed by atoms with van der Waals surface area (Å²) in [5.74, 6) is -1.29. The molecule has 1 amide bonds. The van der Waals surface area contributed by atoms with Crippen molar-refractivity contribution in [3.8, 4) is 11.8 Å². The lowest BCUT2D eigenvalue weighted by molar-refractivity contribution is -0.117. The van der Waals surface area contributed by atoms with E-state index in [1.807, 2.05) is 36.4 Å². The van der Waals surface area contributed by atoms with E-state index in [-0.39, 0.29) is 33.5 Å². The van der Waals surface area contributed by atoms with Gasteiger partial charge in [-0.3, -0.25) is 4.79 Å². The number of amides is 1. The third-order valence-electron chi connectivity index (χ3n) is 4.58. The molecule has 0 aliphatic heterocycles. The van der Waals surface area contributed by atoms with E-state index in [4.69, 9.17) is 33.0 Å². The van der Waals surface area contributed by atoms with Crippen molar-refractivity contribution in [2.45, 2.75) is 13.2 Å². The maximum absolute atomic E-state index is 12.4. The van der Waals surface area contributed by atoms with Crippen LogP contribution in [0.4, 0.5) is 0 Å². The summed E-state index contributed by atoms with van der Waals surface area (Å²) in [6, 6.07) is 20.5. The number of benzene rings is 3. The third-order valence-corrected chi connectivity index (χ3v) is 5.14. The second-order valence-corrected chi connectivity index (χ2v) is 7.76. The molecule has 0 radical (unpaired) electrons. The number of hydrogen-bond acceptors (Lipinski definition) is 4. The molecular weight excluding hydrogens is 463 g/mol. The van der Waals surface area contributed by atoms with Crippen molar-refractivity contribution < 1.29 is 19.4 Å². The standard InChI is InChI=1S/C25H18Cl2N2O4/c26-21-11-18(10-20(13-28)24(30)29-14-16-4-2-1-3-5-16)12-22(27)23(21)33-15-17-6-8-19(9-7-17)25(31)32/h1-12H,14-15H2,(H,29,30)(H,31,32)/b20-10-. The first-order valence-corrected chi connectivity index (χ1v) is 10.5. The van der Waals surface area contributed by atoms with Gasteiger partial charge in [0, 0.05) is 6.54 Å². The number of carbonyl (C=O) groups excluding carboxylic acids is 1. The zero-order chi connectivity index (χ0) is 23.8. The number of carbonyl (C=O) groups is 2. The summed E-state index contributed by atoms with van der Waals surface area (Å²) in [6.07, 6.45) is 1.40. The Morgan fingerprint density at radius 3 is 2.21 bits per heavy atom. The Bertz CT molecular complexity index is 1210. The Hall–Kier alpha value is -3.79. The number of ether oxygens (including phenoxy) is 1. The summed E-state index contributed by atoms with van der Waals surface area (Å²) in [5, 5.41) is 21.5. The van der Waals surface area contributed by atoms with Crippen LogP contribution in [0.2, 0.25) is 10.0 Å². The number of nitrogens with zero attached hydrogens (tertiary/aromatic N) is 1. The molecule has 3 aromatic carbocycles. The molecule has 0 aliphatic carbocycles. The van der Waals surface area contributed by atoms with E-state index in [1.165, 1.54) is 30.3 Å². The van der Waals surface area contributed by atoms with E-state index in [0.29, 0.717) is 12.1 Å². The SMILES string of the molecule is N#C/C(=C/c1cc(Cl)c(OCc2ccc(C(=O)O)cc2)c(Cl)c1)C(=O)NCc1ccccc1. The lowest BCUT2D eigenvalue weighted by atomic mass is 10.1. The molecule has 8 heteroatoms. The van der Waals surface area contributed by atoms with Crippen molar-refractivity contribution in [3.63, 3.8) is 0 Å². The summed E-state index contributed by atoms with van der Waals surface area (Å²) < 4.78 is 5.70. The van der Waals surface area contributed by atoms with Gasteiger partial charge in [0.15, 0.2) is 5.75 Å². The van der Waals surface area contributed by atoms with Crippen LogP contribution in [0.5, 0.6) is 5.75 Å². The molecule has 6 nitrogen and oxygen atoms in total. The van der Waals surface area contributed by atoms with Crippen molar-refractivity contribution in [2.24, 2.45) is 0 Å². The Labute approximate surface area is 200 Å². The van der Waals surface area contributed by atoms with Gasteiger partial charge in [-0.2, -0.15) is 5.26 Å². The minimum absolute atomic E-state index is 0.0924. The second-order valence-electron chi connectivity index (χ2n) is 6.94. The van der Waals surface area contributed by atoms with E-state index >= 15 is 0 Å². The van der Waals surface area contributed by atoms with Crippen LogP contribution in [-0.4, -0.2) is 17.0 Å². The first-order chi connectivity index (χ1) is 15.9. The second kappa shape index (κ2) is 11.2. The minimum Gasteiger partial charge on any atom is -0.486 e. The zero-order valence-corrected chi connectivity index (χ0v) is 18.7. The Kier molecular flexibility index (Phi) is 8.09. The molecule has 0 aliphatic rings. The van der Waals surface area contributed by atoms with E-state index in [0.717, 1.165) is 11.1 Å².